The van der Waals surface area contributed by atoms with Crippen LogP contribution in [0.2, 0.25) is 5.02 Å². The van der Waals surface area contributed by atoms with Crippen molar-refractivity contribution in [1.29, 1.82) is 0 Å². The minimum atomic E-state index is -3.75. The molecule has 5 nitrogen and oxygen atoms in total. The lowest BCUT2D eigenvalue weighted by Crippen LogP contribution is -2.23. The Kier molecular flexibility index (Phi) is 6.88. The fourth-order valence-electron chi connectivity index (χ4n) is 2.08. The molecule has 2 rings (SSSR count). The molecular weight excluding hydrogens is 392 g/mol. The Morgan fingerprint density at radius 3 is 2.62 bits per heavy atom. The number of thioether (sulfide) groups is 1. The molecular formula is C18H19ClN2O3S2. The predicted octanol–water partition coefficient (Wildman–Crippen LogP) is 4.12. The number of halogens is 1. The molecule has 0 atom stereocenters. The number of amides is 1. The van der Waals surface area contributed by atoms with Crippen LogP contribution in [0.1, 0.15) is 10.4 Å². The summed E-state index contributed by atoms with van der Waals surface area (Å²) in [6.07, 6.45) is 1.78. The Morgan fingerprint density at radius 2 is 1.96 bits per heavy atom. The number of carbonyl (C=O) groups is 1. The Bertz CT molecular complexity index is 928. The number of para-hydroxylation sites is 1. The van der Waals surface area contributed by atoms with Crippen LogP contribution in [0.15, 0.2) is 64.9 Å². The summed E-state index contributed by atoms with van der Waals surface area (Å²) < 4.78 is 25.8. The maximum atomic E-state index is 12.6. The summed E-state index contributed by atoms with van der Waals surface area (Å²) in [5.41, 5.74) is 0.856. The van der Waals surface area contributed by atoms with Crippen LogP contribution in [0.25, 0.3) is 0 Å². The van der Waals surface area contributed by atoms with Gasteiger partial charge in [-0.1, -0.05) is 29.8 Å². The van der Waals surface area contributed by atoms with E-state index in [0.717, 1.165) is 9.20 Å². The van der Waals surface area contributed by atoms with Crippen LogP contribution in [0.4, 0.5) is 5.69 Å². The quantitative estimate of drug-likeness (QED) is 0.550. The first-order valence-corrected chi connectivity index (χ1v) is 10.4. The van der Waals surface area contributed by atoms with Gasteiger partial charge >= 0.3 is 0 Å². The fraction of sp³-hybridized carbons (Fsp3) is 0.167. The van der Waals surface area contributed by atoms with Crippen molar-refractivity contribution in [3.05, 3.63) is 65.7 Å². The number of benzene rings is 2. The molecule has 0 aliphatic rings. The van der Waals surface area contributed by atoms with Gasteiger partial charge in [0.25, 0.3) is 5.91 Å². The van der Waals surface area contributed by atoms with Crippen molar-refractivity contribution in [2.45, 2.75) is 9.79 Å². The molecule has 0 radical (unpaired) electrons. The van der Waals surface area contributed by atoms with Crippen molar-refractivity contribution in [3.8, 4) is 0 Å². The molecule has 0 aromatic heterocycles. The zero-order valence-corrected chi connectivity index (χ0v) is 16.8. The molecule has 0 saturated carbocycles. The van der Waals surface area contributed by atoms with Crippen molar-refractivity contribution in [2.24, 2.45) is 0 Å². The van der Waals surface area contributed by atoms with Crippen LogP contribution < -0.4 is 5.32 Å². The number of rotatable bonds is 7. The molecule has 138 valence electrons. The van der Waals surface area contributed by atoms with E-state index in [2.05, 4.69) is 11.9 Å². The van der Waals surface area contributed by atoms with Crippen LogP contribution >= 0.6 is 23.4 Å². The summed E-state index contributed by atoms with van der Waals surface area (Å²) in [7, 11) is -0.934. The van der Waals surface area contributed by atoms with Crippen molar-refractivity contribution >= 4 is 45.0 Å². The summed E-state index contributed by atoms with van der Waals surface area (Å²) in [6, 6.07) is 11.6. The van der Waals surface area contributed by atoms with Crippen molar-refractivity contribution in [1.82, 2.24) is 4.31 Å². The van der Waals surface area contributed by atoms with E-state index >= 15 is 0 Å². The number of nitrogens with zero attached hydrogens (tertiary/aromatic N) is 1. The SMILES string of the molecule is C=CCSc1ccccc1NC(=O)c1ccc(Cl)c(S(=O)(=O)N(C)C)c1. The average molecular weight is 411 g/mol. The zero-order chi connectivity index (χ0) is 19.3. The van der Waals surface area contributed by atoms with Gasteiger partial charge in [0.2, 0.25) is 10.0 Å². The monoisotopic (exact) mass is 410 g/mol. The highest BCUT2D eigenvalue weighted by atomic mass is 35.5. The van der Waals surface area contributed by atoms with Gasteiger partial charge in [-0.05, 0) is 30.3 Å². The molecule has 1 N–H and O–H groups in total. The molecule has 2 aromatic carbocycles. The molecule has 8 heteroatoms. The zero-order valence-electron chi connectivity index (χ0n) is 14.4. The molecule has 2 aromatic rings. The highest BCUT2D eigenvalue weighted by Crippen LogP contribution is 2.28. The normalized spacial score (nSPS) is 11.4. The highest BCUT2D eigenvalue weighted by Gasteiger charge is 2.22. The second kappa shape index (κ2) is 8.73. The van der Waals surface area contributed by atoms with Crippen LogP contribution in [0.3, 0.4) is 0 Å². The Hall–Kier alpha value is -1.80. The minimum Gasteiger partial charge on any atom is -0.321 e. The van der Waals surface area contributed by atoms with E-state index in [1.807, 2.05) is 18.2 Å². The van der Waals surface area contributed by atoms with E-state index in [0.29, 0.717) is 11.4 Å². The van der Waals surface area contributed by atoms with Crippen molar-refractivity contribution in [3.63, 3.8) is 0 Å². The van der Waals surface area contributed by atoms with E-state index in [1.165, 1.54) is 32.3 Å². The molecule has 0 spiro atoms. The lowest BCUT2D eigenvalue weighted by Gasteiger charge is -2.14. The first-order valence-electron chi connectivity index (χ1n) is 7.63. The standard InChI is InChI=1S/C18H19ClN2O3S2/c1-4-11-25-16-8-6-5-7-15(16)20-18(22)13-9-10-14(19)17(12-13)26(23,24)21(2)3/h4-10,12H,1,11H2,2-3H3,(H,20,22). The number of hydrogen-bond donors (Lipinski definition) is 1. The van der Waals surface area contributed by atoms with E-state index in [4.69, 9.17) is 11.6 Å². The van der Waals surface area contributed by atoms with Crippen LogP contribution in [0.5, 0.6) is 0 Å². The van der Waals surface area contributed by atoms with Gasteiger partial charge in [0.1, 0.15) is 4.90 Å². The summed E-state index contributed by atoms with van der Waals surface area (Å²) in [5.74, 6) is 0.294. The van der Waals surface area contributed by atoms with Gasteiger partial charge in [-0.25, -0.2) is 12.7 Å². The molecule has 1 amide bonds. The molecule has 26 heavy (non-hydrogen) atoms. The third-order valence-electron chi connectivity index (χ3n) is 3.44. The van der Waals surface area contributed by atoms with E-state index in [-0.39, 0.29) is 15.5 Å². The summed E-state index contributed by atoms with van der Waals surface area (Å²) in [5, 5.41) is 2.88. The Balaban J connectivity index is 2.33. The minimum absolute atomic E-state index is 0.0668. The highest BCUT2D eigenvalue weighted by molar-refractivity contribution is 7.99. The molecule has 0 aliphatic carbocycles. The number of hydrogen-bond acceptors (Lipinski definition) is 4. The summed E-state index contributed by atoms with van der Waals surface area (Å²) in [6.45, 7) is 3.69. The lowest BCUT2D eigenvalue weighted by molar-refractivity contribution is 0.102. The van der Waals surface area contributed by atoms with Gasteiger partial charge in [-0.2, -0.15) is 0 Å². The maximum absolute atomic E-state index is 12.6. The number of nitrogens with one attached hydrogen (secondary N) is 1. The van der Waals surface area contributed by atoms with Gasteiger partial charge in [0, 0.05) is 30.3 Å². The third kappa shape index (κ3) is 4.67. The fourth-order valence-corrected chi connectivity index (χ4v) is 4.22. The largest absolute Gasteiger partial charge is 0.321 e. The molecule has 0 saturated heterocycles. The number of carbonyl (C=O) groups excluding carboxylic acids is 1. The molecule has 0 heterocycles. The predicted molar refractivity (Wildman–Crippen MR) is 108 cm³/mol. The Labute approximate surface area is 163 Å². The van der Waals surface area contributed by atoms with Crippen LogP contribution in [-0.4, -0.2) is 38.5 Å². The van der Waals surface area contributed by atoms with Gasteiger partial charge in [0.05, 0.1) is 10.7 Å². The smallest absolute Gasteiger partial charge is 0.255 e. The van der Waals surface area contributed by atoms with Crippen molar-refractivity contribution < 1.29 is 13.2 Å². The number of sulfonamides is 1. The van der Waals surface area contributed by atoms with Gasteiger partial charge in [-0.15, -0.1) is 18.3 Å². The van der Waals surface area contributed by atoms with Crippen molar-refractivity contribution in [2.75, 3.05) is 25.2 Å². The molecule has 0 bridgehead atoms. The van der Waals surface area contributed by atoms with Crippen LogP contribution in [-0.2, 0) is 10.0 Å². The summed E-state index contributed by atoms with van der Waals surface area (Å²) >= 11 is 7.56. The maximum Gasteiger partial charge on any atom is 0.255 e. The first kappa shape index (κ1) is 20.5. The third-order valence-corrected chi connectivity index (χ3v) is 6.81. The second-order valence-electron chi connectivity index (χ2n) is 5.48. The number of anilines is 1. The summed E-state index contributed by atoms with van der Waals surface area (Å²) in [4.78, 5) is 13.4. The molecule has 0 unspecified atom stereocenters. The topological polar surface area (TPSA) is 66.5 Å². The van der Waals surface area contributed by atoms with Gasteiger partial charge in [-0.3, -0.25) is 4.79 Å². The van der Waals surface area contributed by atoms with E-state index in [1.54, 1.807) is 23.9 Å². The van der Waals surface area contributed by atoms with E-state index in [9.17, 15) is 13.2 Å². The Morgan fingerprint density at radius 1 is 1.27 bits per heavy atom. The lowest BCUT2D eigenvalue weighted by atomic mass is 10.2. The molecule has 0 aliphatic heterocycles. The van der Waals surface area contributed by atoms with Gasteiger partial charge in [0.15, 0.2) is 0 Å². The van der Waals surface area contributed by atoms with Crippen LogP contribution in [0, 0.1) is 0 Å². The molecule has 0 fully saturated rings. The second-order valence-corrected chi connectivity index (χ2v) is 9.07. The first-order chi connectivity index (χ1) is 12.3. The average Bonchev–Trinajstić information content (AvgIpc) is 2.61. The van der Waals surface area contributed by atoms with E-state index < -0.39 is 15.9 Å². The van der Waals surface area contributed by atoms with Gasteiger partial charge < -0.3 is 5.32 Å².